The molecule has 0 radical (unpaired) electrons. The highest BCUT2D eigenvalue weighted by molar-refractivity contribution is 5.63. The minimum Gasteiger partial charge on any atom is -0.393 e. The molecule has 0 fully saturated rings. The number of hydrogen-bond acceptors (Lipinski definition) is 4. The predicted octanol–water partition coefficient (Wildman–Crippen LogP) is 1.82. The van der Waals surface area contributed by atoms with E-state index in [-0.39, 0.29) is 5.69 Å². The first-order chi connectivity index (χ1) is 6.45. The van der Waals surface area contributed by atoms with Gasteiger partial charge in [0.25, 0.3) is 6.43 Å². The molecule has 1 heterocycles. The minimum absolute atomic E-state index is 0.00287. The first-order valence-electron chi connectivity index (χ1n) is 3.62. The first kappa shape index (κ1) is 10.3. The van der Waals surface area contributed by atoms with E-state index < -0.39 is 28.3 Å². The zero-order chi connectivity index (χ0) is 10.9. The number of nitrogens with two attached hydrogens (primary N) is 1. The largest absolute Gasteiger partial charge is 0.393 e. The zero-order valence-electron chi connectivity index (χ0n) is 7.20. The van der Waals surface area contributed by atoms with Crippen LogP contribution in [-0.2, 0) is 0 Å². The molecule has 2 N–H and O–H groups in total. The number of nitrogens with zero attached hydrogens (tertiary/aromatic N) is 2. The lowest BCUT2D eigenvalue weighted by molar-refractivity contribution is -0.384. The van der Waals surface area contributed by atoms with E-state index in [1.54, 1.807) is 0 Å². The van der Waals surface area contributed by atoms with Crippen LogP contribution in [0.1, 0.15) is 17.7 Å². The second kappa shape index (κ2) is 3.52. The molecule has 0 unspecified atom stereocenters. The molecule has 0 saturated carbocycles. The third kappa shape index (κ3) is 1.61. The van der Waals surface area contributed by atoms with Crippen molar-refractivity contribution in [3.8, 4) is 0 Å². The third-order valence-corrected chi connectivity index (χ3v) is 1.75. The molecule has 0 spiro atoms. The van der Waals surface area contributed by atoms with Gasteiger partial charge in [0.05, 0.1) is 10.5 Å². The van der Waals surface area contributed by atoms with Crippen LogP contribution in [0, 0.1) is 17.0 Å². The maximum Gasteiger partial charge on any atom is 0.310 e. The summed E-state index contributed by atoms with van der Waals surface area (Å²) in [5.41, 5.74) is 3.55. The quantitative estimate of drug-likeness (QED) is 0.587. The van der Waals surface area contributed by atoms with Crippen LogP contribution in [0.2, 0.25) is 0 Å². The minimum atomic E-state index is -2.86. The van der Waals surface area contributed by atoms with Crippen LogP contribution in [0.15, 0.2) is 6.20 Å². The van der Waals surface area contributed by atoms with Crippen LogP contribution < -0.4 is 5.73 Å². The van der Waals surface area contributed by atoms with Crippen LogP contribution in [-0.4, -0.2) is 9.91 Å². The number of halogens is 2. The number of aromatic nitrogens is 1. The molecular weight excluding hydrogens is 196 g/mol. The van der Waals surface area contributed by atoms with Crippen LogP contribution in [0.25, 0.3) is 0 Å². The van der Waals surface area contributed by atoms with Gasteiger partial charge in [0.2, 0.25) is 0 Å². The molecular formula is C7H7F2N3O2. The van der Waals surface area contributed by atoms with Gasteiger partial charge in [-0.2, -0.15) is 0 Å². The van der Waals surface area contributed by atoms with Crippen LogP contribution >= 0.6 is 0 Å². The van der Waals surface area contributed by atoms with Gasteiger partial charge in [-0.05, 0) is 6.92 Å². The highest BCUT2D eigenvalue weighted by atomic mass is 19.3. The molecule has 5 nitrogen and oxygen atoms in total. The van der Waals surface area contributed by atoms with Crippen molar-refractivity contribution in [3.05, 3.63) is 27.6 Å². The number of pyridine rings is 1. The molecule has 0 saturated heterocycles. The monoisotopic (exact) mass is 203 g/mol. The summed E-state index contributed by atoms with van der Waals surface area (Å²) >= 11 is 0. The van der Waals surface area contributed by atoms with Crippen LogP contribution in [0.4, 0.5) is 20.2 Å². The smallest absolute Gasteiger partial charge is 0.310 e. The summed E-state index contributed by atoms with van der Waals surface area (Å²) in [5, 5.41) is 10.3. The summed E-state index contributed by atoms with van der Waals surface area (Å²) in [4.78, 5) is 13.0. The van der Waals surface area contributed by atoms with Crippen LogP contribution in [0.3, 0.4) is 0 Å². The fourth-order valence-electron chi connectivity index (χ4n) is 1.05. The average Bonchev–Trinajstić information content (AvgIpc) is 2.02. The highest BCUT2D eigenvalue weighted by Gasteiger charge is 2.23. The molecule has 14 heavy (non-hydrogen) atoms. The summed E-state index contributed by atoms with van der Waals surface area (Å²) in [5.74, 6) is 0. The Labute approximate surface area is 77.7 Å². The fraction of sp³-hybridized carbons (Fsp3) is 0.286. The average molecular weight is 203 g/mol. The van der Waals surface area contributed by atoms with E-state index in [4.69, 9.17) is 5.73 Å². The van der Waals surface area contributed by atoms with E-state index in [1.807, 2.05) is 0 Å². The maximum atomic E-state index is 12.4. The number of alkyl halides is 2. The van der Waals surface area contributed by atoms with Gasteiger partial charge in [0.15, 0.2) is 0 Å². The standard InChI is InChI=1S/C7H7F2N3O2/c1-3-5(7(8)9)6(10)4(2-11-3)12(13)14/h2,7H,1H3,(H2,10,11). The Kier molecular flexibility index (Phi) is 2.59. The number of aryl methyl sites for hydroxylation is 1. The summed E-state index contributed by atoms with van der Waals surface area (Å²) in [6.45, 7) is 1.32. The van der Waals surface area contributed by atoms with E-state index in [0.29, 0.717) is 0 Å². The van der Waals surface area contributed by atoms with Crippen molar-refractivity contribution < 1.29 is 13.7 Å². The summed E-state index contributed by atoms with van der Waals surface area (Å²) in [6, 6.07) is 0. The van der Waals surface area contributed by atoms with Crippen molar-refractivity contribution >= 4 is 11.4 Å². The van der Waals surface area contributed by atoms with Gasteiger partial charge in [-0.3, -0.25) is 15.1 Å². The SMILES string of the molecule is Cc1ncc([N+](=O)[O-])c(N)c1C(F)F. The zero-order valence-corrected chi connectivity index (χ0v) is 7.20. The van der Waals surface area contributed by atoms with E-state index in [2.05, 4.69) is 4.98 Å². The van der Waals surface area contributed by atoms with Crippen molar-refractivity contribution in [1.82, 2.24) is 4.98 Å². The van der Waals surface area contributed by atoms with Gasteiger partial charge in [-0.25, -0.2) is 8.78 Å². The van der Waals surface area contributed by atoms with Crippen molar-refractivity contribution in [1.29, 1.82) is 0 Å². The number of hydrogen-bond donors (Lipinski definition) is 1. The Balaban J connectivity index is 3.41. The molecule has 1 aromatic heterocycles. The molecule has 0 atom stereocenters. The summed E-state index contributed by atoms with van der Waals surface area (Å²) < 4.78 is 24.8. The Bertz CT molecular complexity index is 381. The predicted molar refractivity (Wildman–Crippen MR) is 45.0 cm³/mol. The molecule has 0 bridgehead atoms. The molecule has 0 aromatic carbocycles. The third-order valence-electron chi connectivity index (χ3n) is 1.75. The lowest BCUT2D eigenvalue weighted by Gasteiger charge is -2.06. The van der Waals surface area contributed by atoms with Gasteiger partial charge < -0.3 is 5.73 Å². The van der Waals surface area contributed by atoms with Gasteiger partial charge >= 0.3 is 5.69 Å². The van der Waals surface area contributed by atoms with Crippen molar-refractivity contribution in [3.63, 3.8) is 0 Å². The fourth-order valence-corrected chi connectivity index (χ4v) is 1.05. The molecule has 76 valence electrons. The molecule has 0 amide bonds. The molecule has 1 rings (SSSR count). The van der Waals surface area contributed by atoms with Crippen molar-refractivity contribution in [2.75, 3.05) is 5.73 Å². The number of nitrogen functional groups attached to an aromatic ring is 1. The first-order valence-corrected chi connectivity index (χ1v) is 3.62. The Morgan fingerprint density at radius 2 is 2.21 bits per heavy atom. The highest BCUT2D eigenvalue weighted by Crippen LogP contribution is 2.33. The second-order valence-corrected chi connectivity index (χ2v) is 2.61. The lowest BCUT2D eigenvalue weighted by Crippen LogP contribution is -2.04. The van der Waals surface area contributed by atoms with Crippen molar-refractivity contribution in [2.45, 2.75) is 13.3 Å². The van der Waals surface area contributed by atoms with E-state index in [9.17, 15) is 18.9 Å². The van der Waals surface area contributed by atoms with Crippen LogP contribution in [0.5, 0.6) is 0 Å². The normalized spacial score (nSPS) is 10.6. The molecule has 0 aliphatic rings. The van der Waals surface area contributed by atoms with Gasteiger partial charge in [0.1, 0.15) is 11.9 Å². The Morgan fingerprint density at radius 3 is 2.64 bits per heavy atom. The molecule has 0 aliphatic heterocycles. The Hall–Kier alpha value is -1.79. The lowest BCUT2D eigenvalue weighted by atomic mass is 10.1. The topological polar surface area (TPSA) is 82.0 Å². The Morgan fingerprint density at radius 1 is 1.64 bits per heavy atom. The molecule has 1 aromatic rings. The second-order valence-electron chi connectivity index (χ2n) is 2.61. The maximum absolute atomic E-state index is 12.4. The number of anilines is 1. The molecule has 7 heteroatoms. The van der Waals surface area contributed by atoms with Crippen molar-refractivity contribution in [2.24, 2.45) is 0 Å². The number of nitro groups is 1. The van der Waals surface area contributed by atoms with Gasteiger partial charge in [0, 0.05) is 5.69 Å². The molecule has 0 aliphatic carbocycles. The van der Waals surface area contributed by atoms with Gasteiger partial charge in [-0.1, -0.05) is 0 Å². The summed E-state index contributed by atoms with van der Waals surface area (Å²) in [6.07, 6.45) is -1.99. The van der Waals surface area contributed by atoms with E-state index >= 15 is 0 Å². The van der Waals surface area contributed by atoms with Gasteiger partial charge in [-0.15, -0.1) is 0 Å². The van der Waals surface area contributed by atoms with E-state index in [0.717, 1.165) is 6.20 Å². The summed E-state index contributed by atoms with van der Waals surface area (Å²) in [7, 11) is 0. The van der Waals surface area contributed by atoms with E-state index in [1.165, 1.54) is 6.92 Å². The number of rotatable bonds is 2.